The number of carbonyl (C=O) groups is 3. The Morgan fingerprint density at radius 1 is 0.923 bits per heavy atom. The lowest BCUT2D eigenvalue weighted by atomic mass is 9.90. The zero-order chi connectivity index (χ0) is 29.4. The monoisotopic (exact) mass is 537 g/mol. The van der Waals surface area contributed by atoms with E-state index in [1.54, 1.807) is 25.7 Å². The maximum Gasteiger partial charge on any atom is 0.408 e. The number of benzene rings is 2. The van der Waals surface area contributed by atoms with Gasteiger partial charge in [-0.25, -0.2) is 4.79 Å². The Hall–Kier alpha value is -3.35. The van der Waals surface area contributed by atoms with E-state index in [0.717, 1.165) is 35.1 Å². The topological polar surface area (TPSA) is 87.7 Å². The number of unbranched alkanes of at least 4 members (excludes halogenated alkanes) is 1. The number of ether oxygens (including phenoxy) is 1. The van der Waals surface area contributed by atoms with Crippen LogP contribution >= 0.6 is 0 Å². The third-order valence-corrected chi connectivity index (χ3v) is 6.51. The predicted molar refractivity (Wildman–Crippen MR) is 156 cm³/mol. The van der Waals surface area contributed by atoms with Gasteiger partial charge in [-0.15, -0.1) is 0 Å². The van der Waals surface area contributed by atoms with E-state index in [2.05, 4.69) is 17.6 Å². The first-order valence-corrected chi connectivity index (χ1v) is 13.9. The number of hydrogen-bond acceptors (Lipinski definition) is 4. The van der Waals surface area contributed by atoms with Crippen LogP contribution in [0.2, 0.25) is 0 Å². The molecule has 3 amide bonds. The van der Waals surface area contributed by atoms with Crippen molar-refractivity contribution in [2.75, 3.05) is 6.54 Å². The van der Waals surface area contributed by atoms with Crippen molar-refractivity contribution in [3.05, 3.63) is 70.8 Å². The fraction of sp³-hybridized carbons (Fsp3) is 0.531. The average molecular weight is 538 g/mol. The summed E-state index contributed by atoms with van der Waals surface area (Å²) >= 11 is 0. The normalized spacial score (nSPS) is 13.3. The van der Waals surface area contributed by atoms with Crippen LogP contribution in [0.3, 0.4) is 0 Å². The van der Waals surface area contributed by atoms with Gasteiger partial charge in [-0.05, 0) is 84.1 Å². The van der Waals surface area contributed by atoms with Crippen molar-refractivity contribution in [3.8, 4) is 0 Å². The highest BCUT2D eigenvalue weighted by atomic mass is 16.6. The van der Waals surface area contributed by atoms with Crippen LogP contribution < -0.4 is 10.6 Å². The van der Waals surface area contributed by atoms with E-state index >= 15 is 0 Å². The van der Waals surface area contributed by atoms with Gasteiger partial charge in [0.2, 0.25) is 11.8 Å². The van der Waals surface area contributed by atoms with E-state index in [9.17, 15) is 14.4 Å². The molecule has 0 spiro atoms. The van der Waals surface area contributed by atoms with Crippen molar-refractivity contribution in [2.45, 2.75) is 105 Å². The molecule has 39 heavy (non-hydrogen) atoms. The zero-order valence-corrected chi connectivity index (χ0v) is 25.2. The molecule has 0 fully saturated rings. The van der Waals surface area contributed by atoms with Crippen LogP contribution in [-0.4, -0.2) is 46.5 Å². The van der Waals surface area contributed by atoms with Crippen LogP contribution in [0.5, 0.6) is 0 Å². The second-order valence-corrected chi connectivity index (χ2v) is 12.1. The Labute approximate surface area is 234 Å². The van der Waals surface area contributed by atoms with E-state index in [-0.39, 0.29) is 18.2 Å². The number of hydrogen-bond donors (Lipinski definition) is 2. The third-order valence-electron chi connectivity index (χ3n) is 6.51. The number of aryl methyl sites for hydroxylation is 1. The molecule has 0 heterocycles. The van der Waals surface area contributed by atoms with E-state index in [0.29, 0.717) is 6.54 Å². The summed E-state index contributed by atoms with van der Waals surface area (Å²) in [5.74, 6) is -0.593. The Bertz CT molecular complexity index is 1120. The van der Waals surface area contributed by atoms with Crippen molar-refractivity contribution in [1.29, 1.82) is 0 Å². The van der Waals surface area contributed by atoms with E-state index in [4.69, 9.17) is 4.74 Å². The van der Waals surface area contributed by atoms with Crippen LogP contribution in [0.25, 0.3) is 0 Å². The molecule has 0 saturated heterocycles. The Kier molecular flexibility index (Phi) is 11.1. The lowest BCUT2D eigenvalue weighted by Gasteiger charge is -2.43. The van der Waals surface area contributed by atoms with Crippen LogP contribution in [0, 0.1) is 13.8 Å². The maximum atomic E-state index is 14.5. The summed E-state index contributed by atoms with van der Waals surface area (Å²) in [5, 5.41) is 5.87. The van der Waals surface area contributed by atoms with Crippen molar-refractivity contribution in [3.63, 3.8) is 0 Å². The first-order chi connectivity index (χ1) is 18.2. The molecule has 2 N–H and O–H groups in total. The predicted octanol–water partition coefficient (Wildman–Crippen LogP) is 6.02. The SMILES string of the molecule is CCCCNC(=O)C(c1cccc(C)c1C)N(C(=O)C(Cc1ccccc1)NC(=O)OC(C)(C)C)C(C)(C)C. The van der Waals surface area contributed by atoms with Gasteiger partial charge < -0.3 is 20.3 Å². The summed E-state index contributed by atoms with van der Waals surface area (Å²) in [5.41, 5.74) is 2.17. The maximum absolute atomic E-state index is 14.5. The standard InChI is InChI=1S/C32H47N3O4/c1-10-11-20-33-28(36)27(25-19-15-16-22(2)23(25)3)35(31(4,5)6)29(37)26(21-24-17-13-12-14-18-24)34-30(38)39-32(7,8)9/h12-19,26-27H,10-11,20-21H2,1-9H3,(H,33,36)(H,34,38). The number of rotatable bonds is 10. The second-order valence-electron chi connectivity index (χ2n) is 12.1. The van der Waals surface area contributed by atoms with Gasteiger partial charge in [0.1, 0.15) is 17.7 Å². The lowest BCUT2D eigenvalue weighted by Crippen LogP contribution is -2.59. The zero-order valence-electron chi connectivity index (χ0n) is 25.2. The largest absolute Gasteiger partial charge is 0.444 e. The first kappa shape index (κ1) is 31.9. The van der Waals surface area contributed by atoms with Crippen molar-refractivity contribution in [1.82, 2.24) is 15.5 Å². The Morgan fingerprint density at radius 3 is 2.13 bits per heavy atom. The molecule has 2 aromatic carbocycles. The van der Waals surface area contributed by atoms with Crippen LogP contribution in [0.1, 0.15) is 89.6 Å². The van der Waals surface area contributed by atoms with Gasteiger partial charge in [0.15, 0.2) is 0 Å². The van der Waals surface area contributed by atoms with Crippen molar-refractivity contribution >= 4 is 17.9 Å². The molecule has 0 aliphatic rings. The molecule has 0 saturated carbocycles. The van der Waals surface area contributed by atoms with E-state index in [1.165, 1.54) is 0 Å². The summed E-state index contributed by atoms with van der Waals surface area (Å²) < 4.78 is 5.51. The number of amides is 3. The molecule has 0 aromatic heterocycles. The van der Waals surface area contributed by atoms with E-state index < -0.39 is 29.3 Å². The number of alkyl carbamates (subject to hydrolysis) is 1. The average Bonchev–Trinajstić information content (AvgIpc) is 2.82. The molecule has 0 aliphatic heterocycles. The molecular weight excluding hydrogens is 490 g/mol. The van der Waals surface area contributed by atoms with Gasteiger partial charge in [-0.2, -0.15) is 0 Å². The highest BCUT2D eigenvalue weighted by Gasteiger charge is 2.42. The lowest BCUT2D eigenvalue weighted by molar-refractivity contribution is -0.148. The van der Waals surface area contributed by atoms with Gasteiger partial charge in [-0.1, -0.05) is 61.9 Å². The summed E-state index contributed by atoms with van der Waals surface area (Å²) in [6.07, 6.45) is 1.35. The van der Waals surface area contributed by atoms with Crippen molar-refractivity contribution in [2.24, 2.45) is 0 Å². The summed E-state index contributed by atoms with van der Waals surface area (Å²) in [6.45, 7) is 17.6. The minimum atomic E-state index is -0.947. The molecule has 2 aromatic rings. The molecule has 0 radical (unpaired) electrons. The molecule has 7 heteroatoms. The van der Waals surface area contributed by atoms with Crippen molar-refractivity contribution < 1.29 is 19.1 Å². The van der Waals surface area contributed by atoms with Crippen LogP contribution in [-0.2, 0) is 20.7 Å². The fourth-order valence-electron chi connectivity index (χ4n) is 4.47. The van der Waals surface area contributed by atoms with Gasteiger partial charge >= 0.3 is 6.09 Å². The smallest absolute Gasteiger partial charge is 0.408 e. The molecule has 7 nitrogen and oxygen atoms in total. The first-order valence-electron chi connectivity index (χ1n) is 13.9. The molecule has 0 aliphatic carbocycles. The van der Waals surface area contributed by atoms with Gasteiger partial charge in [-0.3, -0.25) is 9.59 Å². The van der Waals surface area contributed by atoms with Gasteiger partial charge in [0.05, 0.1) is 0 Å². The number of carbonyl (C=O) groups excluding carboxylic acids is 3. The molecule has 0 bridgehead atoms. The number of nitrogens with one attached hydrogen (secondary N) is 2. The second kappa shape index (κ2) is 13.6. The molecule has 2 unspecified atom stereocenters. The molecular formula is C32H47N3O4. The summed E-state index contributed by atoms with van der Waals surface area (Å²) in [7, 11) is 0. The minimum Gasteiger partial charge on any atom is -0.444 e. The molecule has 2 rings (SSSR count). The van der Waals surface area contributed by atoms with Gasteiger partial charge in [0, 0.05) is 18.5 Å². The highest BCUT2D eigenvalue weighted by molar-refractivity contribution is 5.93. The summed E-state index contributed by atoms with van der Waals surface area (Å²) in [6, 6.07) is 13.5. The van der Waals surface area contributed by atoms with Crippen LogP contribution in [0.4, 0.5) is 4.79 Å². The minimum absolute atomic E-state index is 0.240. The fourth-order valence-corrected chi connectivity index (χ4v) is 4.47. The molecule has 214 valence electrons. The quantitative estimate of drug-likeness (QED) is 0.363. The Morgan fingerprint density at radius 2 is 1.56 bits per heavy atom. The van der Waals surface area contributed by atoms with Crippen LogP contribution in [0.15, 0.2) is 48.5 Å². The number of nitrogens with zero attached hydrogens (tertiary/aromatic N) is 1. The highest BCUT2D eigenvalue weighted by Crippen LogP contribution is 2.33. The summed E-state index contributed by atoms with van der Waals surface area (Å²) in [4.78, 5) is 42.9. The molecule has 2 atom stereocenters. The Balaban J connectivity index is 2.62. The van der Waals surface area contributed by atoms with E-state index in [1.807, 2.05) is 83.1 Å². The van der Waals surface area contributed by atoms with Gasteiger partial charge in [0.25, 0.3) is 0 Å². The third kappa shape index (κ3) is 9.41.